The minimum absolute atomic E-state index is 0. The first kappa shape index (κ1) is 23.4. The number of nitrogens with zero attached hydrogens (tertiary/aromatic N) is 5. The molecule has 5 rings (SSSR count). The standard InChI is InChI=1S/C26H29N5O.ClH/c1-2-5-20-24(19-10-14-32-15-11-19)21(17-28)25-29-22-6-3-4-7-23(22)31(25)26(20)30-12-8-18(16-27)9-13-30;/h3-4,6-7,18-19H,2,5,8-15H2,1H3;1H. The maximum absolute atomic E-state index is 10.3. The first-order valence-electron chi connectivity index (χ1n) is 11.8. The summed E-state index contributed by atoms with van der Waals surface area (Å²) in [7, 11) is 0. The molecule has 3 aromatic rings. The first-order valence-corrected chi connectivity index (χ1v) is 11.8. The number of piperidine rings is 1. The second kappa shape index (κ2) is 10.00. The third-order valence-corrected chi connectivity index (χ3v) is 7.08. The van der Waals surface area contributed by atoms with E-state index in [1.807, 2.05) is 18.2 Å². The minimum Gasteiger partial charge on any atom is -0.381 e. The number of halogens is 1. The fourth-order valence-electron chi connectivity index (χ4n) is 5.53. The highest BCUT2D eigenvalue weighted by Gasteiger charge is 2.31. The number of hydrogen-bond acceptors (Lipinski definition) is 5. The van der Waals surface area contributed by atoms with Crippen LogP contribution in [0.25, 0.3) is 16.7 Å². The molecule has 33 heavy (non-hydrogen) atoms. The zero-order valence-corrected chi connectivity index (χ0v) is 19.9. The Morgan fingerprint density at radius 3 is 2.48 bits per heavy atom. The summed E-state index contributed by atoms with van der Waals surface area (Å²) in [6.07, 6.45) is 5.58. The van der Waals surface area contributed by atoms with Gasteiger partial charge in [0.1, 0.15) is 11.9 Å². The lowest BCUT2D eigenvalue weighted by atomic mass is 9.84. The highest BCUT2D eigenvalue weighted by Crippen LogP contribution is 2.41. The molecule has 0 atom stereocenters. The molecule has 4 heterocycles. The van der Waals surface area contributed by atoms with Crippen LogP contribution in [0.4, 0.5) is 5.82 Å². The number of nitriles is 2. The Morgan fingerprint density at radius 1 is 1.09 bits per heavy atom. The number of benzene rings is 1. The van der Waals surface area contributed by atoms with Gasteiger partial charge in [0.05, 0.1) is 22.7 Å². The molecular formula is C26H30ClN5O. The number of fused-ring (bicyclic) bond motifs is 3. The molecule has 172 valence electrons. The quantitative estimate of drug-likeness (QED) is 0.520. The van der Waals surface area contributed by atoms with Crippen molar-refractivity contribution in [3.8, 4) is 12.1 Å². The maximum atomic E-state index is 10.3. The van der Waals surface area contributed by atoms with E-state index in [2.05, 4.69) is 34.4 Å². The summed E-state index contributed by atoms with van der Waals surface area (Å²) in [6, 6.07) is 13.2. The van der Waals surface area contributed by atoms with Crippen molar-refractivity contribution in [3.05, 3.63) is 41.0 Å². The molecule has 6 nitrogen and oxygen atoms in total. The van der Waals surface area contributed by atoms with Crippen LogP contribution in [-0.4, -0.2) is 35.7 Å². The number of pyridine rings is 1. The third kappa shape index (κ3) is 4.03. The fourth-order valence-corrected chi connectivity index (χ4v) is 5.53. The largest absolute Gasteiger partial charge is 0.381 e. The second-order valence-corrected chi connectivity index (χ2v) is 8.99. The van der Waals surface area contributed by atoms with Crippen molar-refractivity contribution in [2.45, 2.75) is 51.4 Å². The van der Waals surface area contributed by atoms with E-state index in [9.17, 15) is 10.5 Å². The van der Waals surface area contributed by atoms with Crippen molar-refractivity contribution in [2.75, 3.05) is 31.2 Å². The van der Waals surface area contributed by atoms with Gasteiger partial charge in [-0.1, -0.05) is 25.5 Å². The number of imidazole rings is 1. The Balaban J connectivity index is 0.00000259. The van der Waals surface area contributed by atoms with E-state index in [0.717, 1.165) is 87.1 Å². The van der Waals surface area contributed by atoms with Crippen molar-refractivity contribution in [1.29, 1.82) is 10.5 Å². The first-order chi connectivity index (χ1) is 15.8. The van der Waals surface area contributed by atoms with Gasteiger partial charge in [0.25, 0.3) is 0 Å². The van der Waals surface area contributed by atoms with Gasteiger partial charge in [-0.25, -0.2) is 4.98 Å². The van der Waals surface area contributed by atoms with Gasteiger partial charge in [-0.05, 0) is 61.3 Å². The van der Waals surface area contributed by atoms with Gasteiger partial charge in [0.2, 0.25) is 0 Å². The molecule has 0 radical (unpaired) electrons. The molecular weight excluding hydrogens is 434 g/mol. The molecule has 2 saturated heterocycles. The summed E-state index contributed by atoms with van der Waals surface area (Å²) in [5.41, 5.74) is 5.95. The number of para-hydroxylation sites is 2. The molecule has 2 aliphatic rings. The zero-order valence-electron chi connectivity index (χ0n) is 19.1. The van der Waals surface area contributed by atoms with Crippen LogP contribution in [0, 0.1) is 28.6 Å². The van der Waals surface area contributed by atoms with Crippen molar-refractivity contribution in [1.82, 2.24) is 9.38 Å². The number of anilines is 1. The zero-order chi connectivity index (χ0) is 22.1. The van der Waals surface area contributed by atoms with E-state index >= 15 is 0 Å². The molecule has 1 aromatic carbocycles. The van der Waals surface area contributed by atoms with Gasteiger partial charge in [0.15, 0.2) is 5.65 Å². The van der Waals surface area contributed by atoms with Gasteiger partial charge >= 0.3 is 0 Å². The Morgan fingerprint density at radius 2 is 1.82 bits per heavy atom. The molecule has 2 aromatic heterocycles. The van der Waals surface area contributed by atoms with E-state index in [1.54, 1.807) is 0 Å². The fraction of sp³-hybridized carbons (Fsp3) is 0.500. The van der Waals surface area contributed by atoms with Crippen LogP contribution in [0.1, 0.15) is 61.6 Å². The van der Waals surface area contributed by atoms with Gasteiger partial charge < -0.3 is 9.64 Å². The molecule has 0 bridgehead atoms. The summed E-state index contributed by atoms with van der Waals surface area (Å²) in [5.74, 6) is 1.64. The van der Waals surface area contributed by atoms with Crippen LogP contribution in [0.2, 0.25) is 0 Å². The predicted molar refractivity (Wildman–Crippen MR) is 132 cm³/mol. The highest BCUT2D eigenvalue weighted by atomic mass is 35.5. The molecule has 0 spiro atoms. The molecule has 7 heteroatoms. The maximum Gasteiger partial charge on any atom is 0.157 e. The topological polar surface area (TPSA) is 77.3 Å². The highest BCUT2D eigenvalue weighted by molar-refractivity contribution is 5.86. The summed E-state index contributed by atoms with van der Waals surface area (Å²) in [5, 5.41) is 19.8. The number of aromatic nitrogens is 2. The molecule has 0 saturated carbocycles. The predicted octanol–water partition coefficient (Wildman–Crippen LogP) is 5.37. The van der Waals surface area contributed by atoms with Crippen LogP contribution in [0.15, 0.2) is 24.3 Å². The number of hydrogen-bond donors (Lipinski definition) is 0. The lowest BCUT2D eigenvalue weighted by molar-refractivity contribution is 0.0851. The van der Waals surface area contributed by atoms with Crippen LogP contribution >= 0.6 is 12.4 Å². The Bertz CT molecular complexity index is 1220. The third-order valence-electron chi connectivity index (χ3n) is 7.08. The SMILES string of the molecule is CCCc1c(C2CCOCC2)c(C#N)c2nc3ccccc3n2c1N1CCC(C#N)CC1.Cl. The molecule has 0 N–H and O–H groups in total. The molecule has 2 fully saturated rings. The summed E-state index contributed by atoms with van der Waals surface area (Å²) in [4.78, 5) is 7.41. The van der Waals surface area contributed by atoms with E-state index in [4.69, 9.17) is 9.72 Å². The van der Waals surface area contributed by atoms with Crippen molar-refractivity contribution >= 4 is 34.9 Å². The van der Waals surface area contributed by atoms with Crippen molar-refractivity contribution in [2.24, 2.45) is 5.92 Å². The average Bonchev–Trinajstić information content (AvgIpc) is 3.23. The Labute approximate surface area is 201 Å². The summed E-state index contributed by atoms with van der Waals surface area (Å²) < 4.78 is 7.89. The number of ether oxygens (including phenoxy) is 1. The molecule has 0 amide bonds. The van der Waals surface area contributed by atoms with Gasteiger partial charge in [0, 0.05) is 32.2 Å². The van der Waals surface area contributed by atoms with Crippen molar-refractivity contribution < 1.29 is 4.74 Å². The second-order valence-electron chi connectivity index (χ2n) is 8.99. The van der Waals surface area contributed by atoms with E-state index in [-0.39, 0.29) is 18.3 Å². The lowest BCUT2D eigenvalue weighted by Crippen LogP contribution is -2.36. The van der Waals surface area contributed by atoms with E-state index < -0.39 is 0 Å². The smallest absolute Gasteiger partial charge is 0.157 e. The van der Waals surface area contributed by atoms with Crippen LogP contribution in [-0.2, 0) is 11.2 Å². The number of rotatable bonds is 4. The molecule has 0 unspecified atom stereocenters. The van der Waals surface area contributed by atoms with E-state index in [1.165, 1.54) is 16.9 Å². The normalized spacial score (nSPS) is 17.6. The van der Waals surface area contributed by atoms with Gasteiger partial charge in [-0.2, -0.15) is 10.5 Å². The van der Waals surface area contributed by atoms with E-state index in [0.29, 0.717) is 5.92 Å². The van der Waals surface area contributed by atoms with Gasteiger partial charge in [-0.3, -0.25) is 4.40 Å². The monoisotopic (exact) mass is 463 g/mol. The molecule has 2 aliphatic heterocycles. The molecule has 0 aliphatic carbocycles. The minimum atomic E-state index is 0. The summed E-state index contributed by atoms with van der Waals surface area (Å²) in [6.45, 7) is 5.41. The van der Waals surface area contributed by atoms with Crippen molar-refractivity contribution in [3.63, 3.8) is 0 Å². The Hall–Kier alpha value is -2.80. The van der Waals surface area contributed by atoms with Crippen LogP contribution < -0.4 is 4.90 Å². The van der Waals surface area contributed by atoms with Gasteiger partial charge in [-0.15, -0.1) is 12.4 Å². The lowest BCUT2D eigenvalue weighted by Gasteiger charge is -2.35. The average molecular weight is 464 g/mol. The Kier molecular flexibility index (Phi) is 7.08. The van der Waals surface area contributed by atoms with Crippen LogP contribution in [0.3, 0.4) is 0 Å². The summed E-state index contributed by atoms with van der Waals surface area (Å²) >= 11 is 0. The van der Waals surface area contributed by atoms with Crippen LogP contribution in [0.5, 0.6) is 0 Å².